The molecule has 2 atom stereocenters. The largest absolute Gasteiger partial charge is 0.478 e. The molecule has 1 rings (SSSR count). The molecule has 0 aliphatic rings. The van der Waals surface area contributed by atoms with Crippen LogP contribution in [0, 0.1) is 0 Å². The van der Waals surface area contributed by atoms with Crippen molar-refractivity contribution >= 4 is 29.3 Å². The molecule has 0 spiro atoms. The summed E-state index contributed by atoms with van der Waals surface area (Å²) in [4.78, 5) is 11.5. The first kappa shape index (κ1) is 13.4. The van der Waals surface area contributed by atoms with Crippen LogP contribution in [0.4, 0.5) is 0 Å². The summed E-state index contributed by atoms with van der Waals surface area (Å²) < 4.78 is 0. The van der Waals surface area contributed by atoms with E-state index in [1.54, 1.807) is 13.0 Å². The molecular weight excluding hydrogens is 248 g/mol. The van der Waals surface area contributed by atoms with Gasteiger partial charge in [0.05, 0.1) is 16.7 Å². The van der Waals surface area contributed by atoms with Crippen molar-refractivity contribution in [1.29, 1.82) is 0 Å². The van der Waals surface area contributed by atoms with Crippen molar-refractivity contribution in [2.75, 3.05) is 0 Å². The van der Waals surface area contributed by atoms with Crippen molar-refractivity contribution in [1.82, 2.24) is 0 Å². The first-order valence-corrected chi connectivity index (χ1v) is 6.05. The smallest absolute Gasteiger partial charge is 0.335 e. The van der Waals surface area contributed by atoms with E-state index in [1.165, 1.54) is 23.9 Å². The molecule has 0 aliphatic carbocycles. The lowest BCUT2D eigenvalue weighted by atomic mass is 10.2. The van der Waals surface area contributed by atoms with Gasteiger partial charge in [0, 0.05) is 10.1 Å². The molecule has 0 saturated heterocycles. The Balaban J connectivity index is 2.87. The standard InChI is InChI=1S/C11H13ClO3S/c1-6(13)7(2)16-10-4-3-8(11(14)15)5-9(10)12/h3-7,13H,1-2H3,(H,14,15). The Morgan fingerprint density at radius 1 is 1.44 bits per heavy atom. The summed E-state index contributed by atoms with van der Waals surface area (Å²) in [7, 11) is 0. The van der Waals surface area contributed by atoms with Gasteiger partial charge in [-0.15, -0.1) is 11.8 Å². The fraction of sp³-hybridized carbons (Fsp3) is 0.364. The zero-order chi connectivity index (χ0) is 12.3. The number of hydrogen-bond donors (Lipinski definition) is 2. The normalized spacial score (nSPS) is 14.5. The molecule has 0 amide bonds. The van der Waals surface area contributed by atoms with Gasteiger partial charge in [0.1, 0.15) is 0 Å². The number of benzene rings is 1. The number of thioether (sulfide) groups is 1. The zero-order valence-corrected chi connectivity index (χ0v) is 10.5. The maximum atomic E-state index is 10.7. The molecule has 0 heterocycles. The fourth-order valence-corrected chi connectivity index (χ4v) is 2.26. The van der Waals surface area contributed by atoms with Gasteiger partial charge in [-0.05, 0) is 25.1 Å². The average molecular weight is 261 g/mol. The molecule has 2 N–H and O–H groups in total. The molecule has 0 radical (unpaired) electrons. The van der Waals surface area contributed by atoms with Gasteiger partial charge in [-0.1, -0.05) is 18.5 Å². The Bertz CT molecular complexity index is 393. The minimum Gasteiger partial charge on any atom is -0.478 e. The van der Waals surface area contributed by atoms with Crippen molar-refractivity contribution in [3.63, 3.8) is 0 Å². The molecule has 0 fully saturated rings. The number of carbonyl (C=O) groups is 1. The zero-order valence-electron chi connectivity index (χ0n) is 8.98. The van der Waals surface area contributed by atoms with Crippen LogP contribution in [0.25, 0.3) is 0 Å². The van der Waals surface area contributed by atoms with Crippen molar-refractivity contribution in [2.24, 2.45) is 0 Å². The SMILES string of the molecule is CC(O)C(C)Sc1ccc(C(=O)O)cc1Cl. The molecule has 2 unspecified atom stereocenters. The highest BCUT2D eigenvalue weighted by atomic mass is 35.5. The molecule has 0 bridgehead atoms. The molecule has 3 nitrogen and oxygen atoms in total. The summed E-state index contributed by atoms with van der Waals surface area (Å²) >= 11 is 7.38. The van der Waals surface area contributed by atoms with E-state index in [-0.39, 0.29) is 10.8 Å². The topological polar surface area (TPSA) is 57.5 Å². The summed E-state index contributed by atoms with van der Waals surface area (Å²) in [5.41, 5.74) is 0.166. The third-order valence-electron chi connectivity index (χ3n) is 2.17. The van der Waals surface area contributed by atoms with Crippen LogP contribution in [0.2, 0.25) is 5.02 Å². The molecule has 1 aromatic rings. The highest BCUT2D eigenvalue weighted by Crippen LogP contribution is 2.32. The van der Waals surface area contributed by atoms with Gasteiger partial charge < -0.3 is 10.2 Å². The van der Waals surface area contributed by atoms with Crippen LogP contribution in [-0.4, -0.2) is 27.5 Å². The second kappa shape index (κ2) is 5.57. The van der Waals surface area contributed by atoms with Crippen LogP contribution in [0.1, 0.15) is 24.2 Å². The Morgan fingerprint density at radius 3 is 2.50 bits per heavy atom. The quantitative estimate of drug-likeness (QED) is 0.818. The number of carboxylic acid groups (broad SMARTS) is 1. The summed E-state index contributed by atoms with van der Waals surface area (Å²) in [5.74, 6) is -0.998. The van der Waals surface area contributed by atoms with Gasteiger partial charge in [-0.3, -0.25) is 0 Å². The Morgan fingerprint density at radius 2 is 2.06 bits per heavy atom. The number of aliphatic hydroxyl groups excluding tert-OH is 1. The van der Waals surface area contributed by atoms with Crippen molar-refractivity contribution < 1.29 is 15.0 Å². The van der Waals surface area contributed by atoms with Crippen molar-refractivity contribution in [3.05, 3.63) is 28.8 Å². The van der Waals surface area contributed by atoms with Crippen LogP contribution in [0.15, 0.2) is 23.1 Å². The third-order valence-corrected chi connectivity index (χ3v) is 3.97. The van der Waals surface area contributed by atoms with E-state index in [4.69, 9.17) is 16.7 Å². The van der Waals surface area contributed by atoms with Gasteiger partial charge >= 0.3 is 5.97 Å². The number of rotatable bonds is 4. The van der Waals surface area contributed by atoms with Crippen LogP contribution >= 0.6 is 23.4 Å². The highest BCUT2D eigenvalue weighted by Gasteiger charge is 2.13. The molecule has 0 saturated carbocycles. The summed E-state index contributed by atoms with van der Waals surface area (Å²) in [5, 5.41) is 18.5. The molecule has 1 aromatic carbocycles. The van der Waals surface area contributed by atoms with Crippen LogP contribution in [0.5, 0.6) is 0 Å². The van der Waals surface area contributed by atoms with Gasteiger partial charge in [0.15, 0.2) is 0 Å². The van der Waals surface area contributed by atoms with E-state index < -0.39 is 12.1 Å². The molecule has 16 heavy (non-hydrogen) atoms. The van der Waals surface area contributed by atoms with E-state index in [9.17, 15) is 9.90 Å². The Hall–Kier alpha value is -0.710. The van der Waals surface area contributed by atoms with E-state index in [2.05, 4.69) is 0 Å². The van der Waals surface area contributed by atoms with Crippen LogP contribution in [0.3, 0.4) is 0 Å². The monoisotopic (exact) mass is 260 g/mol. The summed E-state index contributed by atoms with van der Waals surface area (Å²) in [6.07, 6.45) is -0.444. The minimum atomic E-state index is -0.998. The number of aliphatic hydroxyl groups is 1. The number of hydrogen-bond acceptors (Lipinski definition) is 3. The van der Waals surface area contributed by atoms with E-state index in [0.717, 1.165) is 4.90 Å². The summed E-state index contributed by atoms with van der Waals surface area (Å²) in [6, 6.07) is 4.58. The van der Waals surface area contributed by atoms with Gasteiger partial charge in [0.2, 0.25) is 0 Å². The summed E-state index contributed by atoms with van der Waals surface area (Å²) in [6.45, 7) is 3.59. The van der Waals surface area contributed by atoms with E-state index in [0.29, 0.717) is 5.02 Å². The second-order valence-electron chi connectivity index (χ2n) is 3.51. The van der Waals surface area contributed by atoms with Gasteiger partial charge in [0.25, 0.3) is 0 Å². The lowest BCUT2D eigenvalue weighted by Gasteiger charge is -2.14. The van der Waals surface area contributed by atoms with Crippen molar-refractivity contribution in [3.8, 4) is 0 Å². The Kier molecular flexibility index (Phi) is 4.65. The average Bonchev–Trinajstić information content (AvgIpc) is 2.20. The lowest BCUT2D eigenvalue weighted by Crippen LogP contribution is -2.14. The fourth-order valence-electron chi connectivity index (χ4n) is 1.03. The molecule has 5 heteroatoms. The highest BCUT2D eigenvalue weighted by molar-refractivity contribution is 8.00. The first-order valence-electron chi connectivity index (χ1n) is 4.79. The first-order chi connectivity index (χ1) is 7.41. The minimum absolute atomic E-state index is 0.00757. The second-order valence-corrected chi connectivity index (χ2v) is 5.34. The molecule has 88 valence electrons. The molecular formula is C11H13ClO3S. The number of aromatic carboxylic acids is 1. The predicted molar refractivity (Wildman–Crippen MR) is 65.4 cm³/mol. The number of carboxylic acids is 1. The maximum Gasteiger partial charge on any atom is 0.335 e. The van der Waals surface area contributed by atoms with Crippen LogP contribution in [-0.2, 0) is 0 Å². The predicted octanol–water partition coefficient (Wildman–Crippen LogP) is 2.90. The van der Waals surface area contributed by atoms with Crippen molar-refractivity contribution in [2.45, 2.75) is 30.1 Å². The number of halogens is 1. The molecule has 0 aromatic heterocycles. The lowest BCUT2D eigenvalue weighted by molar-refractivity contribution is 0.0697. The Labute approximate surface area is 103 Å². The maximum absolute atomic E-state index is 10.7. The molecule has 0 aliphatic heterocycles. The van der Waals surface area contributed by atoms with Gasteiger partial charge in [-0.25, -0.2) is 4.79 Å². The van der Waals surface area contributed by atoms with Gasteiger partial charge in [-0.2, -0.15) is 0 Å². The van der Waals surface area contributed by atoms with Crippen LogP contribution < -0.4 is 0 Å². The van der Waals surface area contributed by atoms with E-state index in [1.807, 2.05) is 6.92 Å². The van der Waals surface area contributed by atoms with E-state index >= 15 is 0 Å². The third kappa shape index (κ3) is 3.40.